The third kappa shape index (κ3) is 39.5. The molecule has 0 aliphatic rings. The second-order valence-corrected chi connectivity index (χ2v) is 8.89. The fraction of sp³-hybridized carbons (Fsp3) is 0.786. The summed E-state index contributed by atoms with van der Waals surface area (Å²) in [4.78, 5) is 20.9. The summed E-state index contributed by atoms with van der Waals surface area (Å²) in [6, 6.07) is 0. The number of unbranched alkanes of at least 4 members (excludes halogenated alkanes) is 8. The van der Waals surface area contributed by atoms with Crippen LogP contribution in [0.4, 0.5) is 0 Å². The summed E-state index contributed by atoms with van der Waals surface area (Å²) in [5.74, 6) is -0.651. The van der Waals surface area contributed by atoms with Crippen molar-refractivity contribution in [2.24, 2.45) is 5.73 Å². The highest BCUT2D eigenvalue weighted by Crippen LogP contribution is 2.08. The molecule has 7 N–H and O–H groups in total. The third-order valence-corrected chi connectivity index (χ3v) is 5.26. The molecule has 0 aliphatic heterocycles. The summed E-state index contributed by atoms with van der Waals surface area (Å²) in [5, 5.41) is 20.4. The first kappa shape index (κ1) is 36.4. The maximum atomic E-state index is 11.9. The van der Waals surface area contributed by atoms with Gasteiger partial charge >= 0.3 is 0 Å². The number of carbonyl (C=O) groups is 2. The summed E-state index contributed by atoms with van der Waals surface area (Å²) >= 11 is 0. The number of rotatable bonds is 25. The maximum Gasteiger partial charge on any atom is 0.300 e. The van der Waals surface area contributed by atoms with Gasteiger partial charge in [0, 0.05) is 65.7 Å². The Kier molecular flexibility index (Phi) is 33.6. The summed E-state index contributed by atoms with van der Waals surface area (Å²) in [5.41, 5.74) is 5.42. The zero-order chi connectivity index (χ0) is 27.0. The lowest BCUT2D eigenvalue weighted by Crippen LogP contribution is -2.36. The number of carboxylic acid groups (broad SMARTS) is 1. The molecule has 8 nitrogen and oxygen atoms in total. The predicted molar refractivity (Wildman–Crippen MR) is 153 cm³/mol. The second-order valence-electron chi connectivity index (χ2n) is 8.89. The summed E-state index contributed by atoms with van der Waals surface area (Å²) in [6.45, 7) is 10.2. The summed E-state index contributed by atoms with van der Waals surface area (Å²) < 4.78 is 0. The molecule has 0 saturated carbocycles. The van der Waals surface area contributed by atoms with Crippen molar-refractivity contribution in [2.45, 2.75) is 90.9 Å². The van der Waals surface area contributed by atoms with Crippen LogP contribution in [0.5, 0.6) is 0 Å². The highest BCUT2D eigenvalue weighted by molar-refractivity contribution is 5.75. The van der Waals surface area contributed by atoms with Crippen LogP contribution in [-0.2, 0) is 9.59 Å². The fourth-order valence-electron chi connectivity index (χ4n) is 3.31. The van der Waals surface area contributed by atoms with Crippen molar-refractivity contribution >= 4 is 11.9 Å². The number of allylic oxidation sites excluding steroid dienone is 4. The van der Waals surface area contributed by atoms with Gasteiger partial charge < -0.3 is 32.1 Å². The number of carboxylic acids is 1. The molecule has 0 heterocycles. The van der Waals surface area contributed by atoms with Gasteiger partial charge in [-0.05, 0) is 38.5 Å². The number of hydrogen-bond acceptors (Lipinski definition) is 6. The van der Waals surface area contributed by atoms with E-state index in [1.165, 1.54) is 51.4 Å². The van der Waals surface area contributed by atoms with E-state index < -0.39 is 5.97 Å². The van der Waals surface area contributed by atoms with Crippen molar-refractivity contribution in [3.05, 3.63) is 24.3 Å². The quantitative estimate of drug-likeness (QED) is 0.0814. The average Bonchev–Trinajstić information content (AvgIpc) is 2.84. The first-order valence-corrected chi connectivity index (χ1v) is 14.1. The number of amides is 1. The lowest BCUT2D eigenvalue weighted by Gasteiger charge is -2.08. The summed E-state index contributed by atoms with van der Waals surface area (Å²) in [6.07, 6.45) is 23.2. The highest BCUT2D eigenvalue weighted by Gasteiger charge is 2.00. The molecular formula is C28H57N5O3. The van der Waals surface area contributed by atoms with E-state index in [-0.39, 0.29) is 5.91 Å². The van der Waals surface area contributed by atoms with E-state index in [0.717, 1.165) is 65.5 Å². The average molecular weight is 512 g/mol. The maximum absolute atomic E-state index is 11.9. The van der Waals surface area contributed by atoms with Gasteiger partial charge in [0.25, 0.3) is 5.97 Å². The Hall–Kier alpha value is -1.74. The van der Waals surface area contributed by atoms with E-state index in [0.29, 0.717) is 19.5 Å². The normalized spacial score (nSPS) is 11.1. The predicted octanol–water partition coefficient (Wildman–Crippen LogP) is 3.73. The molecule has 0 atom stereocenters. The molecule has 1 amide bonds. The Morgan fingerprint density at radius 3 is 1.72 bits per heavy atom. The molecule has 0 rings (SSSR count). The standard InChI is InChI=1S/C26H53N5O.C2H4O2/c1-2-3-4-5-6-7-8-9-10-11-12-13-14-15-16-17-26(32)31-25-24-30-23-22-29-21-20-28-19-18-27;1-2(3)4/h6-7,9-10,28-30H,2-5,8,11-25,27H2,1H3,(H,31,32);1H3,(H,3,4). The number of carbonyl (C=O) groups excluding carboxylic acids is 1. The number of nitrogens with two attached hydrogens (primary N) is 1. The zero-order valence-corrected chi connectivity index (χ0v) is 23.3. The van der Waals surface area contributed by atoms with Gasteiger partial charge in [0.05, 0.1) is 0 Å². The Morgan fingerprint density at radius 1 is 0.694 bits per heavy atom. The van der Waals surface area contributed by atoms with Crippen molar-refractivity contribution in [2.75, 3.05) is 52.4 Å². The minimum absolute atomic E-state index is 0.182. The van der Waals surface area contributed by atoms with Crippen molar-refractivity contribution < 1.29 is 14.7 Å². The van der Waals surface area contributed by atoms with Gasteiger partial charge in [0.2, 0.25) is 5.91 Å². The van der Waals surface area contributed by atoms with Crippen LogP contribution < -0.4 is 27.0 Å². The van der Waals surface area contributed by atoms with Crippen LogP contribution >= 0.6 is 0 Å². The largest absolute Gasteiger partial charge is 0.481 e. The lowest BCUT2D eigenvalue weighted by molar-refractivity contribution is -0.134. The Balaban J connectivity index is 0. The molecule has 0 radical (unpaired) electrons. The molecule has 0 aliphatic carbocycles. The molecular weight excluding hydrogens is 454 g/mol. The first-order valence-electron chi connectivity index (χ1n) is 14.1. The van der Waals surface area contributed by atoms with E-state index in [2.05, 4.69) is 52.5 Å². The molecule has 0 aromatic rings. The van der Waals surface area contributed by atoms with E-state index >= 15 is 0 Å². The molecule has 0 spiro atoms. The molecule has 212 valence electrons. The molecule has 0 fully saturated rings. The van der Waals surface area contributed by atoms with Crippen molar-refractivity contribution in [3.8, 4) is 0 Å². The SMILES string of the molecule is CC(=O)O.CCCCCC=CCC=CCCCCCCCC(=O)NCCNCCNCCNCCN. The zero-order valence-electron chi connectivity index (χ0n) is 23.3. The van der Waals surface area contributed by atoms with Crippen LogP contribution in [0, 0.1) is 0 Å². The minimum atomic E-state index is -0.833. The monoisotopic (exact) mass is 511 g/mol. The number of aliphatic carboxylic acids is 1. The van der Waals surface area contributed by atoms with Gasteiger partial charge in [-0.1, -0.05) is 63.3 Å². The summed E-state index contributed by atoms with van der Waals surface area (Å²) in [7, 11) is 0. The van der Waals surface area contributed by atoms with Gasteiger partial charge in [0.15, 0.2) is 0 Å². The minimum Gasteiger partial charge on any atom is -0.481 e. The van der Waals surface area contributed by atoms with E-state index in [1.54, 1.807) is 0 Å². The number of hydrogen-bond donors (Lipinski definition) is 6. The topological polar surface area (TPSA) is 129 Å². The molecule has 0 aromatic carbocycles. The van der Waals surface area contributed by atoms with Gasteiger partial charge in [-0.15, -0.1) is 0 Å². The van der Waals surface area contributed by atoms with Crippen LogP contribution in [0.1, 0.15) is 90.9 Å². The van der Waals surface area contributed by atoms with Gasteiger partial charge in [-0.25, -0.2) is 0 Å². The Labute approximate surface area is 221 Å². The highest BCUT2D eigenvalue weighted by atomic mass is 16.4. The van der Waals surface area contributed by atoms with Crippen molar-refractivity contribution in [1.82, 2.24) is 21.3 Å². The van der Waals surface area contributed by atoms with E-state index in [9.17, 15) is 4.79 Å². The van der Waals surface area contributed by atoms with Crippen molar-refractivity contribution in [3.63, 3.8) is 0 Å². The van der Waals surface area contributed by atoms with Crippen LogP contribution in [0.25, 0.3) is 0 Å². The van der Waals surface area contributed by atoms with Crippen LogP contribution in [0.3, 0.4) is 0 Å². The number of nitrogens with one attached hydrogen (secondary N) is 4. The molecule has 0 unspecified atom stereocenters. The van der Waals surface area contributed by atoms with Crippen molar-refractivity contribution in [1.29, 1.82) is 0 Å². The van der Waals surface area contributed by atoms with E-state index in [1.807, 2.05) is 0 Å². The second kappa shape index (κ2) is 33.3. The Bertz CT molecular complexity index is 523. The lowest BCUT2D eigenvalue weighted by atomic mass is 10.1. The van der Waals surface area contributed by atoms with E-state index in [4.69, 9.17) is 15.6 Å². The van der Waals surface area contributed by atoms with Gasteiger partial charge in [-0.3, -0.25) is 9.59 Å². The van der Waals surface area contributed by atoms with Crippen LogP contribution in [-0.4, -0.2) is 69.3 Å². The third-order valence-electron chi connectivity index (χ3n) is 5.26. The molecule has 36 heavy (non-hydrogen) atoms. The molecule has 0 aromatic heterocycles. The fourth-order valence-corrected chi connectivity index (χ4v) is 3.31. The Morgan fingerprint density at radius 2 is 1.17 bits per heavy atom. The van der Waals surface area contributed by atoms with Crippen LogP contribution in [0.15, 0.2) is 24.3 Å². The van der Waals surface area contributed by atoms with Gasteiger partial charge in [0.1, 0.15) is 0 Å². The molecule has 0 bridgehead atoms. The van der Waals surface area contributed by atoms with Gasteiger partial charge in [-0.2, -0.15) is 0 Å². The first-order chi connectivity index (χ1) is 17.5. The smallest absolute Gasteiger partial charge is 0.300 e. The molecule has 0 saturated heterocycles. The van der Waals surface area contributed by atoms with Crippen LogP contribution in [0.2, 0.25) is 0 Å². The molecule has 8 heteroatoms.